The van der Waals surface area contributed by atoms with E-state index in [-0.39, 0.29) is 0 Å². The number of hydrogen-bond acceptors (Lipinski definition) is 6. The van der Waals surface area contributed by atoms with Crippen molar-refractivity contribution in [2.45, 2.75) is 12.7 Å². The van der Waals surface area contributed by atoms with Gasteiger partial charge in [-0.25, -0.2) is 9.97 Å². The van der Waals surface area contributed by atoms with E-state index in [0.29, 0.717) is 6.54 Å². The second kappa shape index (κ2) is 4.40. The van der Waals surface area contributed by atoms with E-state index >= 15 is 0 Å². The van der Waals surface area contributed by atoms with E-state index in [1.807, 2.05) is 23.1 Å². The number of aromatic nitrogens is 3. The minimum absolute atomic E-state index is 0.418. The minimum atomic E-state index is -0.418. The average molecular weight is 241 g/mol. The first kappa shape index (κ1) is 10.6. The van der Waals surface area contributed by atoms with Gasteiger partial charge in [-0.2, -0.15) is 0 Å². The molecule has 0 aliphatic carbocycles. The Morgan fingerprint density at radius 2 is 2.33 bits per heavy atom. The molecule has 6 nitrogen and oxygen atoms in total. The molecule has 2 aromatic heterocycles. The molecule has 1 N–H and O–H groups in total. The van der Waals surface area contributed by atoms with Crippen LogP contribution in [0.2, 0.25) is 0 Å². The molecule has 1 unspecified atom stereocenters. The molecule has 1 aliphatic rings. The number of pyridine rings is 1. The third-order valence-electron chi connectivity index (χ3n) is 2.79. The molecule has 2 aromatic rings. The van der Waals surface area contributed by atoms with E-state index in [4.69, 9.17) is 0 Å². The van der Waals surface area contributed by atoms with Crippen LogP contribution >= 0.6 is 0 Å². The van der Waals surface area contributed by atoms with Crippen molar-refractivity contribution >= 4 is 17.8 Å². The Bertz CT molecular complexity index is 559. The van der Waals surface area contributed by atoms with Crippen molar-refractivity contribution < 1.29 is 4.79 Å². The summed E-state index contributed by atoms with van der Waals surface area (Å²) in [5.41, 5.74) is 1.66. The van der Waals surface area contributed by atoms with Gasteiger partial charge in [-0.3, -0.25) is 9.78 Å². The van der Waals surface area contributed by atoms with Crippen LogP contribution < -0.4 is 10.2 Å². The highest BCUT2D eigenvalue weighted by molar-refractivity contribution is 5.81. The van der Waals surface area contributed by atoms with Crippen LogP contribution in [0.4, 0.5) is 11.5 Å². The monoisotopic (exact) mass is 241 g/mol. The van der Waals surface area contributed by atoms with Gasteiger partial charge in [0.15, 0.2) is 18.3 Å². The summed E-state index contributed by atoms with van der Waals surface area (Å²) in [6.07, 6.45) is 5.30. The third kappa shape index (κ3) is 1.77. The van der Waals surface area contributed by atoms with Gasteiger partial charge < -0.3 is 10.2 Å². The van der Waals surface area contributed by atoms with Gasteiger partial charge in [-0.1, -0.05) is 6.07 Å². The largest absolute Gasteiger partial charge is 0.355 e. The predicted octanol–water partition coefficient (Wildman–Crippen LogP) is 0.829. The van der Waals surface area contributed by atoms with Gasteiger partial charge in [0, 0.05) is 6.20 Å². The molecule has 0 bridgehead atoms. The zero-order chi connectivity index (χ0) is 12.4. The SMILES string of the molecule is O=CC1Nc2cncnc2N1Cc1ccccn1. The van der Waals surface area contributed by atoms with Crippen molar-refractivity contribution in [2.24, 2.45) is 0 Å². The van der Waals surface area contributed by atoms with E-state index < -0.39 is 6.17 Å². The van der Waals surface area contributed by atoms with Gasteiger partial charge in [0.2, 0.25) is 0 Å². The van der Waals surface area contributed by atoms with Crippen molar-refractivity contribution in [3.63, 3.8) is 0 Å². The highest BCUT2D eigenvalue weighted by atomic mass is 16.1. The van der Waals surface area contributed by atoms with Gasteiger partial charge in [0.25, 0.3) is 0 Å². The fraction of sp³-hybridized carbons (Fsp3) is 0.167. The molecule has 0 saturated carbocycles. The lowest BCUT2D eigenvalue weighted by Crippen LogP contribution is -2.36. The summed E-state index contributed by atoms with van der Waals surface area (Å²) in [4.78, 5) is 25.4. The molecule has 0 fully saturated rings. The Morgan fingerprint density at radius 3 is 3.11 bits per heavy atom. The van der Waals surface area contributed by atoms with Gasteiger partial charge in [0.1, 0.15) is 6.33 Å². The summed E-state index contributed by atoms with van der Waals surface area (Å²) >= 11 is 0. The molecule has 3 rings (SSSR count). The van der Waals surface area contributed by atoms with Crippen LogP contribution in [0.25, 0.3) is 0 Å². The third-order valence-corrected chi connectivity index (χ3v) is 2.79. The Labute approximate surface area is 104 Å². The first-order chi connectivity index (χ1) is 8.88. The lowest BCUT2D eigenvalue weighted by Gasteiger charge is -2.21. The number of carbonyl (C=O) groups excluding carboxylic acids is 1. The average Bonchev–Trinajstić information content (AvgIpc) is 2.78. The second-order valence-electron chi connectivity index (χ2n) is 3.93. The molecule has 18 heavy (non-hydrogen) atoms. The fourth-order valence-corrected chi connectivity index (χ4v) is 1.97. The molecule has 0 amide bonds. The molecular weight excluding hydrogens is 230 g/mol. The maximum absolute atomic E-state index is 11.1. The standard InChI is InChI=1S/C12H11N5O/c18-7-11-16-10-5-13-8-15-12(10)17(11)6-9-3-1-2-4-14-9/h1-5,7-8,11,16H,6H2. The van der Waals surface area contributed by atoms with Crippen molar-refractivity contribution in [1.82, 2.24) is 15.0 Å². The Balaban J connectivity index is 1.92. The van der Waals surface area contributed by atoms with Gasteiger partial charge in [-0.05, 0) is 12.1 Å². The highest BCUT2D eigenvalue weighted by Gasteiger charge is 2.29. The number of anilines is 2. The van der Waals surface area contributed by atoms with Crippen molar-refractivity contribution in [3.05, 3.63) is 42.6 Å². The number of nitrogens with zero attached hydrogens (tertiary/aromatic N) is 4. The summed E-state index contributed by atoms with van der Waals surface area (Å²) in [5.74, 6) is 0.729. The summed E-state index contributed by atoms with van der Waals surface area (Å²) in [5, 5.41) is 3.06. The molecule has 90 valence electrons. The van der Waals surface area contributed by atoms with E-state index in [1.165, 1.54) is 6.33 Å². The van der Waals surface area contributed by atoms with Gasteiger partial charge in [-0.15, -0.1) is 0 Å². The summed E-state index contributed by atoms with van der Waals surface area (Å²) in [6.45, 7) is 0.529. The Morgan fingerprint density at radius 1 is 1.39 bits per heavy atom. The first-order valence-electron chi connectivity index (χ1n) is 5.57. The zero-order valence-corrected chi connectivity index (χ0v) is 9.52. The second-order valence-corrected chi connectivity index (χ2v) is 3.93. The molecule has 0 aromatic carbocycles. The number of hydrogen-bond donors (Lipinski definition) is 1. The van der Waals surface area contributed by atoms with Gasteiger partial charge in [0.05, 0.1) is 24.1 Å². The Hall–Kier alpha value is -2.50. The molecule has 0 spiro atoms. The fourth-order valence-electron chi connectivity index (χ4n) is 1.97. The predicted molar refractivity (Wildman–Crippen MR) is 65.9 cm³/mol. The zero-order valence-electron chi connectivity index (χ0n) is 9.52. The normalized spacial score (nSPS) is 17.1. The number of rotatable bonds is 3. The molecular formula is C12H11N5O. The molecule has 6 heteroatoms. The van der Waals surface area contributed by atoms with Gasteiger partial charge >= 0.3 is 0 Å². The van der Waals surface area contributed by atoms with Crippen LogP contribution in [0.15, 0.2) is 36.9 Å². The van der Waals surface area contributed by atoms with Crippen LogP contribution in [-0.4, -0.2) is 27.4 Å². The topological polar surface area (TPSA) is 71.0 Å². The maximum atomic E-state index is 11.1. The quantitative estimate of drug-likeness (QED) is 0.802. The number of carbonyl (C=O) groups is 1. The molecule has 1 aliphatic heterocycles. The first-order valence-corrected chi connectivity index (χ1v) is 5.57. The van der Waals surface area contributed by atoms with Crippen LogP contribution in [0.1, 0.15) is 5.69 Å². The van der Waals surface area contributed by atoms with Crippen LogP contribution in [-0.2, 0) is 11.3 Å². The summed E-state index contributed by atoms with van der Waals surface area (Å²) in [6, 6.07) is 5.70. The molecule has 3 heterocycles. The van der Waals surface area contributed by atoms with Crippen LogP contribution in [0, 0.1) is 0 Å². The highest BCUT2D eigenvalue weighted by Crippen LogP contribution is 2.31. The molecule has 0 radical (unpaired) electrons. The van der Waals surface area contributed by atoms with E-state index in [9.17, 15) is 4.79 Å². The molecule has 0 saturated heterocycles. The lowest BCUT2D eigenvalue weighted by molar-refractivity contribution is -0.108. The maximum Gasteiger partial charge on any atom is 0.162 e. The van der Waals surface area contributed by atoms with E-state index in [1.54, 1.807) is 12.4 Å². The van der Waals surface area contributed by atoms with Crippen molar-refractivity contribution in [1.29, 1.82) is 0 Å². The Kier molecular flexibility index (Phi) is 2.60. The summed E-state index contributed by atoms with van der Waals surface area (Å²) < 4.78 is 0. The number of nitrogens with one attached hydrogen (secondary N) is 1. The lowest BCUT2D eigenvalue weighted by atomic mass is 10.3. The number of fused-ring (bicyclic) bond motifs is 1. The van der Waals surface area contributed by atoms with E-state index in [2.05, 4.69) is 20.3 Å². The van der Waals surface area contributed by atoms with Crippen molar-refractivity contribution in [2.75, 3.05) is 10.2 Å². The minimum Gasteiger partial charge on any atom is -0.355 e. The molecule has 1 atom stereocenters. The van der Waals surface area contributed by atoms with Crippen LogP contribution in [0.3, 0.4) is 0 Å². The summed E-state index contributed by atoms with van der Waals surface area (Å²) in [7, 11) is 0. The smallest absolute Gasteiger partial charge is 0.162 e. The van der Waals surface area contributed by atoms with Crippen LogP contribution in [0.5, 0.6) is 0 Å². The van der Waals surface area contributed by atoms with Crippen molar-refractivity contribution in [3.8, 4) is 0 Å². The number of aldehydes is 1. The van der Waals surface area contributed by atoms with E-state index in [0.717, 1.165) is 23.5 Å².